The second-order valence-electron chi connectivity index (χ2n) is 7.46. The molecule has 0 aliphatic heterocycles. The molecule has 1 saturated carbocycles. The monoisotopic (exact) mass is 380 g/mol. The van der Waals surface area contributed by atoms with Crippen LogP contribution in [0.4, 0.5) is 11.4 Å². The van der Waals surface area contributed by atoms with Gasteiger partial charge in [0.25, 0.3) is 5.91 Å². The minimum absolute atomic E-state index is 0.0145. The van der Waals surface area contributed by atoms with Crippen LogP contribution in [0.25, 0.3) is 0 Å². The van der Waals surface area contributed by atoms with Crippen LogP contribution >= 0.6 is 0 Å². The van der Waals surface area contributed by atoms with Crippen LogP contribution in [0.1, 0.15) is 57.4 Å². The Labute approximate surface area is 168 Å². The Morgan fingerprint density at radius 1 is 0.964 bits per heavy atom. The van der Waals surface area contributed by atoms with Crippen molar-refractivity contribution in [1.29, 1.82) is 0 Å². The average Bonchev–Trinajstić information content (AvgIpc) is 2.75. The highest BCUT2D eigenvalue weighted by molar-refractivity contribution is 5.92. The van der Waals surface area contributed by atoms with Crippen molar-refractivity contribution in [1.82, 2.24) is 0 Å². The Kier molecular flexibility index (Phi) is 7.35. The zero-order valence-electron chi connectivity index (χ0n) is 17.1. The number of nitrogens with one attached hydrogen (secondary N) is 1. The molecule has 1 fully saturated rings. The molecule has 0 atom stereocenters. The predicted molar refractivity (Wildman–Crippen MR) is 116 cm³/mol. The van der Waals surface area contributed by atoms with Crippen LogP contribution in [0.5, 0.6) is 5.75 Å². The van der Waals surface area contributed by atoms with Gasteiger partial charge in [0.2, 0.25) is 0 Å². The van der Waals surface area contributed by atoms with Gasteiger partial charge in [-0.25, -0.2) is 0 Å². The molecule has 4 nitrogen and oxygen atoms in total. The van der Waals surface area contributed by atoms with Crippen molar-refractivity contribution in [2.24, 2.45) is 0 Å². The third-order valence-electron chi connectivity index (χ3n) is 5.61. The van der Waals surface area contributed by atoms with E-state index >= 15 is 0 Å². The fourth-order valence-electron chi connectivity index (χ4n) is 3.96. The first-order chi connectivity index (χ1) is 13.7. The molecule has 0 radical (unpaired) electrons. The second kappa shape index (κ2) is 10.2. The number of anilines is 2. The van der Waals surface area contributed by atoms with E-state index in [1.807, 2.05) is 36.4 Å². The van der Waals surface area contributed by atoms with Crippen molar-refractivity contribution in [2.75, 3.05) is 29.9 Å². The zero-order valence-corrected chi connectivity index (χ0v) is 17.1. The number of benzene rings is 2. The normalized spacial score (nSPS) is 14.5. The van der Waals surface area contributed by atoms with Crippen LogP contribution in [0.2, 0.25) is 0 Å². The van der Waals surface area contributed by atoms with Gasteiger partial charge in [-0.05, 0) is 74.6 Å². The molecule has 0 unspecified atom stereocenters. The lowest BCUT2D eigenvalue weighted by atomic mass is 9.84. The summed E-state index contributed by atoms with van der Waals surface area (Å²) >= 11 is 0. The molecule has 0 bridgehead atoms. The molecule has 0 aromatic heterocycles. The largest absolute Gasteiger partial charge is 0.484 e. The van der Waals surface area contributed by atoms with Crippen LogP contribution < -0.4 is 15.0 Å². The second-order valence-corrected chi connectivity index (χ2v) is 7.46. The summed E-state index contributed by atoms with van der Waals surface area (Å²) in [5.74, 6) is 1.28. The molecule has 150 valence electrons. The number of rotatable bonds is 8. The summed E-state index contributed by atoms with van der Waals surface area (Å²) in [7, 11) is 0. The average molecular weight is 381 g/mol. The summed E-state index contributed by atoms with van der Waals surface area (Å²) in [5.41, 5.74) is 3.35. The van der Waals surface area contributed by atoms with E-state index in [0.717, 1.165) is 30.2 Å². The molecule has 1 aliphatic carbocycles. The fraction of sp³-hybridized carbons (Fsp3) is 0.458. The summed E-state index contributed by atoms with van der Waals surface area (Å²) < 4.78 is 5.66. The van der Waals surface area contributed by atoms with Crippen molar-refractivity contribution < 1.29 is 9.53 Å². The minimum atomic E-state index is -0.146. The number of hydrogen-bond donors (Lipinski definition) is 1. The number of carbonyl (C=O) groups is 1. The van der Waals surface area contributed by atoms with Gasteiger partial charge in [0.15, 0.2) is 6.61 Å². The summed E-state index contributed by atoms with van der Waals surface area (Å²) in [6.07, 6.45) is 6.61. The highest BCUT2D eigenvalue weighted by Crippen LogP contribution is 2.33. The van der Waals surface area contributed by atoms with E-state index in [-0.39, 0.29) is 12.5 Å². The number of ether oxygens (including phenoxy) is 1. The van der Waals surface area contributed by atoms with Crippen LogP contribution in [-0.4, -0.2) is 25.6 Å². The third kappa shape index (κ3) is 5.51. The van der Waals surface area contributed by atoms with Crippen molar-refractivity contribution in [3.05, 3.63) is 54.1 Å². The first-order valence-electron chi connectivity index (χ1n) is 10.6. The highest BCUT2D eigenvalue weighted by Gasteiger charge is 2.15. The van der Waals surface area contributed by atoms with E-state index in [0.29, 0.717) is 5.92 Å². The standard InChI is InChI=1S/C24H32N2O2/c1-3-26(4-2)22-14-12-21(13-15-22)25-24(27)18-28-23-16-10-20(11-17-23)19-8-6-5-7-9-19/h10-17,19H,3-9,18H2,1-2H3,(H,25,27). The van der Waals surface area contributed by atoms with E-state index in [2.05, 4.69) is 36.2 Å². The Hall–Kier alpha value is -2.49. The first-order valence-corrected chi connectivity index (χ1v) is 10.6. The van der Waals surface area contributed by atoms with Gasteiger partial charge >= 0.3 is 0 Å². The van der Waals surface area contributed by atoms with Gasteiger partial charge < -0.3 is 15.0 Å². The van der Waals surface area contributed by atoms with Gasteiger partial charge in [-0.1, -0.05) is 31.4 Å². The maximum absolute atomic E-state index is 12.2. The van der Waals surface area contributed by atoms with E-state index < -0.39 is 0 Å². The number of nitrogens with zero attached hydrogens (tertiary/aromatic N) is 1. The maximum Gasteiger partial charge on any atom is 0.262 e. The van der Waals surface area contributed by atoms with Gasteiger partial charge in [-0.3, -0.25) is 4.79 Å². The van der Waals surface area contributed by atoms with Crippen molar-refractivity contribution in [2.45, 2.75) is 51.9 Å². The Balaban J connectivity index is 1.47. The number of hydrogen-bond acceptors (Lipinski definition) is 3. The molecule has 2 aromatic carbocycles. The van der Waals surface area contributed by atoms with Gasteiger partial charge in [0, 0.05) is 24.5 Å². The lowest BCUT2D eigenvalue weighted by molar-refractivity contribution is -0.118. The first kappa shape index (κ1) is 20.2. The molecular weight excluding hydrogens is 348 g/mol. The van der Waals surface area contributed by atoms with Crippen LogP contribution in [0.3, 0.4) is 0 Å². The molecule has 0 saturated heterocycles. The molecule has 1 N–H and O–H groups in total. The van der Waals surface area contributed by atoms with E-state index in [4.69, 9.17) is 4.74 Å². The molecule has 4 heteroatoms. The molecule has 1 amide bonds. The van der Waals surface area contributed by atoms with Crippen LogP contribution in [-0.2, 0) is 4.79 Å². The summed E-state index contributed by atoms with van der Waals surface area (Å²) in [6, 6.07) is 16.2. The Morgan fingerprint density at radius 2 is 1.61 bits per heavy atom. The molecule has 28 heavy (non-hydrogen) atoms. The molecule has 0 spiro atoms. The molecule has 0 heterocycles. The van der Waals surface area contributed by atoms with Crippen LogP contribution in [0, 0.1) is 0 Å². The molecular formula is C24H32N2O2. The fourth-order valence-corrected chi connectivity index (χ4v) is 3.96. The molecule has 1 aliphatic rings. The van der Waals surface area contributed by atoms with Gasteiger partial charge in [-0.2, -0.15) is 0 Å². The smallest absolute Gasteiger partial charge is 0.262 e. The van der Waals surface area contributed by atoms with Crippen molar-refractivity contribution >= 4 is 17.3 Å². The summed E-state index contributed by atoms with van der Waals surface area (Å²) in [5, 5.41) is 2.89. The molecule has 2 aromatic rings. The predicted octanol–water partition coefficient (Wildman–Crippen LogP) is 5.60. The van der Waals surface area contributed by atoms with Gasteiger partial charge in [-0.15, -0.1) is 0 Å². The van der Waals surface area contributed by atoms with Crippen molar-refractivity contribution in [3.63, 3.8) is 0 Å². The van der Waals surface area contributed by atoms with Crippen LogP contribution in [0.15, 0.2) is 48.5 Å². The minimum Gasteiger partial charge on any atom is -0.484 e. The van der Waals surface area contributed by atoms with E-state index in [1.54, 1.807) is 0 Å². The van der Waals surface area contributed by atoms with Gasteiger partial charge in [0.05, 0.1) is 0 Å². The highest BCUT2D eigenvalue weighted by atomic mass is 16.5. The topological polar surface area (TPSA) is 41.6 Å². The quantitative estimate of drug-likeness (QED) is 0.648. The third-order valence-corrected chi connectivity index (χ3v) is 5.61. The molecule has 3 rings (SSSR count). The van der Waals surface area contributed by atoms with E-state index in [1.165, 1.54) is 37.7 Å². The summed E-state index contributed by atoms with van der Waals surface area (Å²) in [4.78, 5) is 14.5. The van der Waals surface area contributed by atoms with E-state index in [9.17, 15) is 4.79 Å². The lowest BCUT2D eigenvalue weighted by Gasteiger charge is -2.22. The summed E-state index contributed by atoms with van der Waals surface area (Å²) in [6.45, 7) is 6.22. The Morgan fingerprint density at radius 3 is 2.21 bits per heavy atom. The van der Waals surface area contributed by atoms with Crippen molar-refractivity contribution in [3.8, 4) is 5.75 Å². The Bertz CT molecular complexity index is 730. The zero-order chi connectivity index (χ0) is 19.8. The lowest BCUT2D eigenvalue weighted by Crippen LogP contribution is -2.22. The maximum atomic E-state index is 12.2. The number of carbonyl (C=O) groups excluding carboxylic acids is 1. The number of amides is 1. The van der Waals surface area contributed by atoms with Gasteiger partial charge in [0.1, 0.15) is 5.75 Å². The SMILES string of the molecule is CCN(CC)c1ccc(NC(=O)COc2ccc(C3CCCCC3)cc2)cc1.